The van der Waals surface area contributed by atoms with Crippen LogP contribution >= 0.6 is 0 Å². The van der Waals surface area contributed by atoms with Gasteiger partial charge in [0, 0.05) is 12.4 Å². The monoisotopic (exact) mass is 310 g/mol. The van der Waals surface area contributed by atoms with Gasteiger partial charge >= 0.3 is 5.97 Å². The van der Waals surface area contributed by atoms with Gasteiger partial charge in [-0.3, -0.25) is 4.79 Å². The van der Waals surface area contributed by atoms with Crippen molar-refractivity contribution in [2.75, 3.05) is 14.2 Å². The zero-order chi connectivity index (χ0) is 16.2. The predicted molar refractivity (Wildman–Crippen MR) is 87.5 cm³/mol. The summed E-state index contributed by atoms with van der Waals surface area (Å²) in [5.74, 6) is 0.502. The smallest absolute Gasteiger partial charge is 0.307 e. The number of fused-ring (bicyclic) bond motifs is 1. The molecule has 0 radical (unpaired) electrons. The molecule has 3 aromatic rings. The van der Waals surface area contributed by atoms with E-state index in [1.54, 1.807) is 13.3 Å². The number of methoxy groups -OCH3 is 2. The third-order valence-corrected chi connectivity index (χ3v) is 3.90. The van der Waals surface area contributed by atoms with Crippen molar-refractivity contribution in [2.24, 2.45) is 0 Å². The quantitative estimate of drug-likeness (QED) is 0.679. The Morgan fingerprint density at radius 3 is 2.65 bits per heavy atom. The minimum atomic E-state index is -0.261. The van der Waals surface area contributed by atoms with E-state index in [-0.39, 0.29) is 18.4 Å². The Morgan fingerprint density at radius 1 is 1.17 bits per heavy atom. The number of esters is 1. The summed E-state index contributed by atoms with van der Waals surface area (Å²) in [6.45, 7) is 0. The molecule has 23 heavy (non-hydrogen) atoms. The number of nitrogens with zero attached hydrogens (tertiary/aromatic N) is 2. The van der Waals surface area contributed by atoms with E-state index in [1.165, 1.54) is 7.11 Å². The molecule has 0 bridgehead atoms. The van der Waals surface area contributed by atoms with Gasteiger partial charge in [0.1, 0.15) is 11.4 Å². The van der Waals surface area contributed by atoms with Crippen LogP contribution in [-0.2, 0) is 9.53 Å². The van der Waals surface area contributed by atoms with Gasteiger partial charge in [-0.05, 0) is 17.7 Å². The molecular formula is C18H18N2O3. The first-order chi connectivity index (χ1) is 11.2. The molecule has 0 spiro atoms. The van der Waals surface area contributed by atoms with E-state index in [4.69, 9.17) is 9.47 Å². The highest BCUT2D eigenvalue weighted by molar-refractivity contribution is 5.83. The number of carbonyl (C=O) groups is 1. The van der Waals surface area contributed by atoms with Crippen LogP contribution in [0.3, 0.4) is 0 Å². The molecule has 0 unspecified atom stereocenters. The van der Waals surface area contributed by atoms with Crippen LogP contribution in [0.15, 0.2) is 54.9 Å². The number of ether oxygens (including phenoxy) is 2. The molecule has 0 saturated heterocycles. The second-order valence-corrected chi connectivity index (χ2v) is 5.18. The summed E-state index contributed by atoms with van der Waals surface area (Å²) in [5.41, 5.74) is 1.81. The molecule has 0 fully saturated rings. The fraction of sp³-hybridized carbons (Fsp3) is 0.222. The Labute approximate surface area is 134 Å². The van der Waals surface area contributed by atoms with Gasteiger partial charge in [0.15, 0.2) is 0 Å². The Balaban J connectivity index is 2.12. The highest BCUT2D eigenvalue weighted by Crippen LogP contribution is 2.30. The van der Waals surface area contributed by atoms with Crippen LogP contribution in [-0.4, -0.2) is 29.7 Å². The highest BCUT2D eigenvalue weighted by atomic mass is 16.5. The number of aromatic nitrogens is 2. The van der Waals surface area contributed by atoms with Crippen LogP contribution in [0.5, 0.6) is 5.75 Å². The van der Waals surface area contributed by atoms with E-state index in [1.807, 2.05) is 53.2 Å². The molecular weight excluding hydrogens is 292 g/mol. The highest BCUT2D eigenvalue weighted by Gasteiger charge is 2.21. The Morgan fingerprint density at radius 2 is 1.96 bits per heavy atom. The van der Waals surface area contributed by atoms with Crippen molar-refractivity contribution in [1.29, 1.82) is 0 Å². The van der Waals surface area contributed by atoms with Crippen molar-refractivity contribution in [3.8, 4) is 5.75 Å². The fourth-order valence-corrected chi connectivity index (χ4v) is 2.76. The Bertz CT molecular complexity index is 812. The maximum Gasteiger partial charge on any atom is 0.307 e. The predicted octanol–water partition coefficient (Wildman–Crippen LogP) is 3.20. The van der Waals surface area contributed by atoms with Gasteiger partial charge in [0.2, 0.25) is 0 Å². The molecule has 0 amide bonds. The van der Waals surface area contributed by atoms with Crippen LogP contribution in [0.25, 0.3) is 11.0 Å². The lowest BCUT2D eigenvalue weighted by Crippen LogP contribution is -2.16. The van der Waals surface area contributed by atoms with E-state index in [2.05, 4.69) is 4.98 Å². The summed E-state index contributed by atoms with van der Waals surface area (Å²) in [6, 6.07) is 13.5. The molecule has 0 N–H and O–H groups in total. The van der Waals surface area contributed by atoms with Gasteiger partial charge in [0.25, 0.3) is 0 Å². The molecule has 118 valence electrons. The number of rotatable bonds is 5. The fourth-order valence-electron chi connectivity index (χ4n) is 2.76. The third-order valence-electron chi connectivity index (χ3n) is 3.90. The number of pyridine rings is 1. The summed E-state index contributed by atoms with van der Waals surface area (Å²) < 4.78 is 12.2. The minimum Gasteiger partial charge on any atom is -0.496 e. The molecule has 0 aliphatic carbocycles. The number of hydrogen-bond donors (Lipinski definition) is 0. The maximum atomic E-state index is 11.9. The zero-order valence-corrected chi connectivity index (χ0v) is 13.1. The van der Waals surface area contributed by atoms with Crippen molar-refractivity contribution in [1.82, 2.24) is 9.55 Å². The van der Waals surface area contributed by atoms with E-state index >= 15 is 0 Å². The maximum absolute atomic E-state index is 11.9. The lowest BCUT2D eigenvalue weighted by atomic mass is 10.0. The summed E-state index contributed by atoms with van der Waals surface area (Å²) in [4.78, 5) is 16.3. The second-order valence-electron chi connectivity index (χ2n) is 5.18. The first-order valence-corrected chi connectivity index (χ1v) is 7.36. The van der Waals surface area contributed by atoms with Crippen LogP contribution in [0.4, 0.5) is 0 Å². The van der Waals surface area contributed by atoms with Gasteiger partial charge in [0.05, 0.1) is 32.1 Å². The molecule has 0 aliphatic rings. The standard InChI is InChI=1S/C18H18N2O3/c1-22-16-8-10-19-18-14(16)9-11-20(18)15(12-17(21)23-2)13-6-4-3-5-7-13/h3-11,15H,12H2,1-2H3/t15-/m1/s1. The minimum absolute atomic E-state index is 0.180. The molecule has 0 saturated carbocycles. The number of hydrogen-bond acceptors (Lipinski definition) is 4. The van der Waals surface area contributed by atoms with Crippen LogP contribution in [0.1, 0.15) is 18.0 Å². The van der Waals surface area contributed by atoms with Crippen LogP contribution < -0.4 is 4.74 Å². The normalized spacial score (nSPS) is 12.1. The van der Waals surface area contributed by atoms with Crippen LogP contribution in [0, 0.1) is 0 Å². The summed E-state index contributed by atoms with van der Waals surface area (Å²) >= 11 is 0. The molecule has 5 heteroatoms. The number of carbonyl (C=O) groups excluding carboxylic acids is 1. The van der Waals surface area contributed by atoms with Gasteiger partial charge in [-0.25, -0.2) is 4.98 Å². The van der Waals surface area contributed by atoms with Gasteiger partial charge in [-0.1, -0.05) is 30.3 Å². The summed E-state index contributed by atoms with van der Waals surface area (Å²) in [7, 11) is 3.04. The summed E-state index contributed by atoms with van der Waals surface area (Å²) in [5, 5.41) is 0.917. The van der Waals surface area contributed by atoms with Gasteiger partial charge in [-0.15, -0.1) is 0 Å². The van der Waals surface area contributed by atoms with E-state index < -0.39 is 0 Å². The Kier molecular flexibility index (Phi) is 4.28. The molecule has 0 aliphatic heterocycles. The molecule has 1 atom stereocenters. The summed E-state index contributed by atoms with van der Waals surface area (Å²) in [6.07, 6.45) is 3.88. The van der Waals surface area contributed by atoms with Crippen molar-refractivity contribution in [3.63, 3.8) is 0 Å². The van der Waals surface area contributed by atoms with Gasteiger partial charge in [-0.2, -0.15) is 0 Å². The van der Waals surface area contributed by atoms with Crippen molar-refractivity contribution in [3.05, 3.63) is 60.4 Å². The second kappa shape index (κ2) is 6.52. The first kappa shape index (κ1) is 15.1. The largest absolute Gasteiger partial charge is 0.496 e. The SMILES string of the molecule is COC(=O)C[C@H](c1ccccc1)n1ccc2c(OC)ccnc21. The topological polar surface area (TPSA) is 53.4 Å². The number of benzene rings is 1. The third kappa shape index (κ3) is 2.90. The first-order valence-electron chi connectivity index (χ1n) is 7.36. The lowest BCUT2D eigenvalue weighted by Gasteiger charge is -2.19. The van der Waals surface area contributed by atoms with Crippen LogP contribution in [0.2, 0.25) is 0 Å². The van der Waals surface area contributed by atoms with Crippen molar-refractivity contribution < 1.29 is 14.3 Å². The Hall–Kier alpha value is -2.82. The van der Waals surface area contributed by atoms with E-state index in [9.17, 15) is 4.79 Å². The molecule has 3 rings (SSSR count). The van der Waals surface area contributed by atoms with Crippen molar-refractivity contribution >= 4 is 17.0 Å². The van der Waals surface area contributed by atoms with Crippen molar-refractivity contribution in [2.45, 2.75) is 12.5 Å². The van der Waals surface area contributed by atoms with E-state index in [0.29, 0.717) is 0 Å². The average molecular weight is 310 g/mol. The van der Waals surface area contributed by atoms with E-state index in [0.717, 1.165) is 22.3 Å². The molecule has 1 aromatic carbocycles. The molecule has 2 heterocycles. The van der Waals surface area contributed by atoms with Gasteiger partial charge < -0.3 is 14.0 Å². The molecule has 5 nitrogen and oxygen atoms in total. The zero-order valence-electron chi connectivity index (χ0n) is 13.1. The lowest BCUT2D eigenvalue weighted by molar-refractivity contribution is -0.141. The molecule has 2 aromatic heterocycles. The average Bonchev–Trinajstić information content (AvgIpc) is 3.04.